The molecule has 50 heavy (non-hydrogen) atoms. The second-order valence-electron chi connectivity index (χ2n) is 12.8. The maximum Gasteiger partial charge on any atom is 0.160 e. The summed E-state index contributed by atoms with van der Waals surface area (Å²) in [6, 6.07) is 45.0. The van der Waals surface area contributed by atoms with E-state index < -0.39 is 30.7 Å². The lowest BCUT2D eigenvalue weighted by molar-refractivity contribution is -0.205. The normalized spacial score (nSPS) is 19.4. The zero-order valence-corrected chi connectivity index (χ0v) is 28.7. The van der Waals surface area contributed by atoms with Crippen LogP contribution in [-0.4, -0.2) is 55.1 Å². The molecule has 0 aromatic heterocycles. The first-order valence-corrected chi connectivity index (χ1v) is 17.6. The number of fused-ring (bicyclic) bond motifs is 1. The Labute approximate surface area is 295 Å². The van der Waals surface area contributed by atoms with Gasteiger partial charge >= 0.3 is 0 Å². The molecule has 0 amide bonds. The van der Waals surface area contributed by atoms with Crippen molar-refractivity contribution in [3.63, 3.8) is 0 Å². The van der Waals surface area contributed by atoms with Crippen molar-refractivity contribution in [3.8, 4) is 0 Å². The Bertz CT molecular complexity index is 1680. The number of hydrogen-bond donors (Lipinski definition) is 1. The van der Waals surface area contributed by atoms with Crippen molar-refractivity contribution < 1.29 is 33.5 Å². The molecule has 1 fully saturated rings. The van der Waals surface area contributed by atoms with Crippen molar-refractivity contribution in [1.29, 1.82) is 0 Å². The molecule has 262 valence electrons. The highest BCUT2D eigenvalue weighted by molar-refractivity contribution is 5.82. The average molecular weight is 677 g/mol. The van der Waals surface area contributed by atoms with Gasteiger partial charge in [-0.15, -0.1) is 0 Å². The van der Waals surface area contributed by atoms with Crippen molar-refractivity contribution in [2.75, 3.05) is 13.2 Å². The monoisotopic (exact) mass is 676 g/mol. The summed E-state index contributed by atoms with van der Waals surface area (Å²) in [5.41, 5.74) is 4.19. The van der Waals surface area contributed by atoms with Crippen LogP contribution in [0.2, 0.25) is 0 Å². The van der Waals surface area contributed by atoms with E-state index in [2.05, 4.69) is 30.3 Å². The van der Waals surface area contributed by atoms with Crippen LogP contribution >= 0.6 is 0 Å². The van der Waals surface area contributed by atoms with Gasteiger partial charge in [-0.1, -0.05) is 134 Å². The number of aliphatic hydroxyl groups is 1. The smallest absolute Gasteiger partial charge is 0.160 e. The third-order valence-corrected chi connectivity index (χ3v) is 9.04. The molecule has 1 aliphatic heterocycles. The Kier molecular flexibility index (Phi) is 13.6. The quantitative estimate of drug-likeness (QED) is 0.0950. The van der Waals surface area contributed by atoms with Crippen LogP contribution in [-0.2, 0) is 54.8 Å². The SMILES string of the molecule is CC[C@H]1O[C@@H](OCC(OCc2ccccc2)C(OCc2ccccc2)C(COCc2ccc3ccccc3c2)OCc2ccccc2)CC1O. The van der Waals surface area contributed by atoms with E-state index in [1.807, 2.05) is 110 Å². The molecule has 1 heterocycles. The van der Waals surface area contributed by atoms with Crippen molar-refractivity contribution in [2.24, 2.45) is 0 Å². The Morgan fingerprint density at radius 1 is 0.600 bits per heavy atom. The molecule has 1 aliphatic rings. The fourth-order valence-corrected chi connectivity index (χ4v) is 6.24. The van der Waals surface area contributed by atoms with E-state index in [4.69, 9.17) is 28.4 Å². The van der Waals surface area contributed by atoms with Gasteiger partial charge in [0.15, 0.2) is 6.29 Å². The third kappa shape index (κ3) is 10.5. The first-order valence-electron chi connectivity index (χ1n) is 17.6. The molecule has 0 spiro atoms. The van der Waals surface area contributed by atoms with Gasteiger partial charge in [-0.25, -0.2) is 0 Å². The maximum atomic E-state index is 10.5. The minimum atomic E-state index is -0.576. The number of benzene rings is 5. The van der Waals surface area contributed by atoms with Gasteiger partial charge in [-0.3, -0.25) is 0 Å². The summed E-state index contributed by atoms with van der Waals surface area (Å²) in [6.07, 6.45) is -1.88. The van der Waals surface area contributed by atoms with E-state index in [1.54, 1.807) is 0 Å². The average Bonchev–Trinajstić information content (AvgIpc) is 3.54. The summed E-state index contributed by atoms with van der Waals surface area (Å²) in [7, 11) is 0. The van der Waals surface area contributed by atoms with Crippen LogP contribution in [0.25, 0.3) is 10.8 Å². The van der Waals surface area contributed by atoms with Crippen molar-refractivity contribution >= 4 is 10.8 Å². The van der Waals surface area contributed by atoms with E-state index in [0.29, 0.717) is 39.3 Å². The summed E-state index contributed by atoms with van der Waals surface area (Å²) in [6.45, 7) is 3.94. The van der Waals surface area contributed by atoms with Crippen LogP contribution in [0, 0.1) is 0 Å². The molecule has 0 radical (unpaired) electrons. The van der Waals surface area contributed by atoms with Crippen molar-refractivity contribution in [3.05, 3.63) is 156 Å². The van der Waals surface area contributed by atoms with Crippen molar-refractivity contribution in [1.82, 2.24) is 0 Å². The van der Waals surface area contributed by atoms with Crippen LogP contribution in [0.5, 0.6) is 0 Å². The maximum absolute atomic E-state index is 10.5. The molecule has 0 aliphatic carbocycles. The molecule has 7 heteroatoms. The van der Waals surface area contributed by atoms with Gasteiger partial charge in [0, 0.05) is 6.42 Å². The van der Waals surface area contributed by atoms with Crippen LogP contribution in [0.1, 0.15) is 42.0 Å². The van der Waals surface area contributed by atoms with Crippen LogP contribution in [0.3, 0.4) is 0 Å². The van der Waals surface area contributed by atoms with E-state index in [1.165, 1.54) is 10.8 Å². The number of rotatable bonds is 19. The molecule has 7 nitrogen and oxygen atoms in total. The Morgan fingerprint density at radius 2 is 1.14 bits per heavy atom. The Morgan fingerprint density at radius 3 is 1.72 bits per heavy atom. The molecule has 5 aromatic rings. The molecule has 1 N–H and O–H groups in total. The van der Waals surface area contributed by atoms with E-state index in [9.17, 15) is 5.11 Å². The molecular formula is C43H48O7. The van der Waals surface area contributed by atoms with Crippen LogP contribution in [0.15, 0.2) is 133 Å². The summed E-state index contributed by atoms with van der Waals surface area (Å²) >= 11 is 0. The largest absolute Gasteiger partial charge is 0.390 e. The first-order chi connectivity index (χ1) is 24.6. The number of aliphatic hydroxyl groups excluding tert-OH is 1. The van der Waals surface area contributed by atoms with Gasteiger partial charge in [0.2, 0.25) is 0 Å². The molecular weight excluding hydrogens is 628 g/mol. The summed E-state index contributed by atoms with van der Waals surface area (Å²) in [5, 5.41) is 12.9. The molecule has 4 unspecified atom stereocenters. The van der Waals surface area contributed by atoms with Gasteiger partial charge < -0.3 is 33.5 Å². The van der Waals surface area contributed by atoms with E-state index in [-0.39, 0.29) is 19.3 Å². The van der Waals surface area contributed by atoms with Gasteiger partial charge in [-0.2, -0.15) is 0 Å². The highest BCUT2D eigenvalue weighted by atomic mass is 16.7. The highest BCUT2D eigenvalue weighted by Gasteiger charge is 2.37. The van der Waals surface area contributed by atoms with Gasteiger partial charge in [0.25, 0.3) is 0 Å². The Hall–Kier alpha value is -3.92. The predicted octanol–water partition coefficient (Wildman–Crippen LogP) is 8.02. The van der Waals surface area contributed by atoms with Crippen LogP contribution < -0.4 is 0 Å². The summed E-state index contributed by atoms with van der Waals surface area (Å²) in [4.78, 5) is 0. The van der Waals surface area contributed by atoms with E-state index >= 15 is 0 Å². The Balaban J connectivity index is 1.25. The molecule has 5 aromatic carbocycles. The predicted molar refractivity (Wildman–Crippen MR) is 194 cm³/mol. The standard InChI is InChI=1S/C43H48O7/c1-2-39-38(44)25-42(50-39)48-31-41(47-28-33-16-8-4-9-17-33)43(49-29-34-18-10-5-11-19-34)40(46-27-32-14-6-3-7-15-32)30-45-26-35-22-23-36-20-12-13-21-37(36)24-35/h3-24,38-44H,2,25-31H2,1H3/t38?,39-,40?,41?,42-,43?/m1/s1. The minimum absolute atomic E-state index is 0.177. The summed E-state index contributed by atoms with van der Waals surface area (Å²) in [5.74, 6) is 0. The second kappa shape index (κ2) is 18.9. The highest BCUT2D eigenvalue weighted by Crippen LogP contribution is 2.26. The van der Waals surface area contributed by atoms with E-state index in [0.717, 1.165) is 22.3 Å². The lowest BCUT2D eigenvalue weighted by Crippen LogP contribution is -2.47. The van der Waals surface area contributed by atoms with Crippen LogP contribution in [0.4, 0.5) is 0 Å². The number of hydrogen-bond acceptors (Lipinski definition) is 7. The fourth-order valence-electron chi connectivity index (χ4n) is 6.24. The number of ether oxygens (including phenoxy) is 6. The zero-order chi connectivity index (χ0) is 34.4. The summed E-state index contributed by atoms with van der Waals surface area (Å²) < 4.78 is 38.9. The zero-order valence-electron chi connectivity index (χ0n) is 28.7. The minimum Gasteiger partial charge on any atom is -0.390 e. The lowest BCUT2D eigenvalue weighted by Gasteiger charge is -2.34. The molecule has 0 bridgehead atoms. The third-order valence-electron chi connectivity index (χ3n) is 9.04. The first kappa shape index (κ1) is 35.9. The van der Waals surface area contributed by atoms with Gasteiger partial charge in [0.1, 0.15) is 18.3 Å². The second-order valence-corrected chi connectivity index (χ2v) is 12.8. The lowest BCUT2D eigenvalue weighted by atomic mass is 10.1. The fraction of sp³-hybridized carbons (Fsp3) is 0.349. The van der Waals surface area contributed by atoms with Gasteiger partial charge in [-0.05, 0) is 45.5 Å². The topological polar surface area (TPSA) is 75.6 Å². The van der Waals surface area contributed by atoms with Gasteiger partial charge in [0.05, 0.1) is 51.8 Å². The molecule has 6 rings (SSSR count). The molecule has 1 saturated heterocycles. The molecule has 0 saturated carbocycles. The molecule has 6 atom stereocenters. The van der Waals surface area contributed by atoms with Crippen molar-refractivity contribution in [2.45, 2.75) is 83.0 Å².